The Balaban J connectivity index is 1.89. The van der Waals surface area contributed by atoms with Gasteiger partial charge in [0.25, 0.3) is 0 Å². The molecule has 110 valence electrons. The third-order valence-electron chi connectivity index (χ3n) is 3.42. The molecule has 3 N–H and O–H groups in total. The maximum Gasteiger partial charge on any atom is 0.407 e. The Morgan fingerprint density at radius 1 is 1.35 bits per heavy atom. The van der Waals surface area contributed by atoms with E-state index in [2.05, 4.69) is 23.5 Å². The summed E-state index contributed by atoms with van der Waals surface area (Å²) >= 11 is 0. The van der Waals surface area contributed by atoms with Gasteiger partial charge in [-0.2, -0.15) is 0 Å². The Morgan fingerprint density at radius 3 is 2.75 bits per heavy atom. The maximum atomic E-state index is 11.6. The molecule has 1 unspecified atom stereocenters. The summed E-state index contributed by atoms with van der Waals surface area (Å²) in [4.78, 5) is 11.6. The minimum absolute atomic E-state index is 0.201. The molecule has 20 heavy (non-hydrogen) atoms. The molecular formula is C16H24N2O2. The highest BCUT2D eigenvalue weighted by Crippen LogP contribution is 2.24. The van der Waals surface area contributed by atoms with Crippen LogP contribution in [-0.4, -0.2) is 18.2 Å². The first-order chi connectivity index (χ1) is 9.35. The highest BCUT2D eigenvalue weighted by Gasteiger charge is 2.18. The van der Waals surface area contributed by atoms with Crippen molar-refractivity contribution >= 4 is 6.09 Å². The lowest BCUT2D eigenvalue weighted by molar-refractivity contribution is 0.0524. The van der Waals surface area contributed by atoms with Crippen LogP contribution < -0.4 is 11.1 Å². The van der Waals surface area contributed by atoms with Crippen LogP contribution in [0.3, 0.4) is 0 Å². The van der Waals surface area contributed by atoms with Crippen LogP contribution in [0, 0.1) is 0 Å². The summed E-state index contributed by atoms with van der Waals surface area (Å²) in [6.45, 7) is 5.90. The Hall–Kier alpha value is -1.55. The van der Waals surface area contributed by atoms with Crippen molar-refractivity contribution in [1.29, 1.82) is 0 Å². The second-order valence-electron chi connectivity index (χ2n) is 6.37. The molecule has 1 amide bonds. The fraction of sp³-hybridized carbons (Fsp3) is 0.562. The van der Waals surface area contributed by atoms with Crippen molar-refractivity contribution in [3.8, 4) is 0 Å². The Kier molecular flexibility index (Phi) is 4.33. The summed E-state index contributed by atoms with van der Waals surface area (Å²) in [5.41, 5.74) is 9.55. The zero-order chi connectivity index (χ0) is 14.8. The van der Waals surface area contributed by atoms with Crippen LogP contribution in [-0.2, 0) is 17.6 Å². The molecule has 0 saturated heterocycles. The summed E-state index contributed by atoms with van der Waals surface area (Å²) in [6.07, 6.45) is 3.11. The summed E-state index contributed by atoms with van der Waals surface area (Å²) in [5, 5.41) is 2.72. The van der Waals surface area contributed by atoms with Crippen LogP contribution in [0.15, 0.2) is 18.2 Å². The molecule has 1 aliphatic carbocycles. The molecule has 0 spiro atoms. The molecule has 1 aromatic rings. The van der Waals surface area contributed by atoms with Crippen LogP contribution >= 0.6 is 0 Å². The SMILES string of the molecule is CC(C)(C)OC(=O)NCC(N)c1ccc2c(c1)CCC2. The van der Waals surface area contributed by atoms with Crippen molar-refractivity contribution in [1.82, 2.24) is 5.32 Å². The van der Waals surface area contributed by atoms with E-state index in [0.29, 0.717) is 6.54 Å². The number of rotatable bonds is 3. The van der Waals surface area contributed by atoms with Crippen molar-refractivity contribution in [3.05, 3.63) is 34.9 Å². The second-order valence-corrected chi connectivity index (χ2v) is 6.37. The topological polar surface area (TPSA) is 64.3 Å². The predicted molar refractivity (Wildman–Crippen MR) is 79.6 cm³/mol. The molecule has 1 atom stereocenters. The minimum atomic E-state index is -0.484. The van der Waals surface area contributed by atoms with Gasteiger partial charge in [0.15, 0.2) is 0 Å². The number of carbonyl (C=O) groups is 1. The number of hydrogen-bond acceptors (Lipinski definition) is 3. The van der Waals surface area contributed by atoms with Crippen molar-refractivity contribution < 1.29 is 9.53 Å². The Labute approximate surface area is 120 Å². The maximum absolute atomic E-state index is 11.6. The van der Waals surface area contributed by atoms with Crippen molar-refractivity contribution in [2.24, 2.45) is 5.73 Å². The molecule has 2 rings (SSSR count). The number of aryl methyl sites for hydroxylation is 2. The van der Waals surface area contributed by atoms with E-state index in [-0.39, 0.29) is 6.04 Å². The zero-order valence-electron chi connectivity index (χ0n) is 12.5. The van der Waals surface area contributed by atoms with E-state index in [1.165, 1.54) is 24.0 Å². The molecule has 0 saturated carbocycles. The van der Waals surface area contributed by atoms with E-state index in [9.17, 15) is 4.79 Å². The second kappa shape index (κ2) is 5.83. The standard InChI is InChI=1S/C16H24N2O2/c1-16(2,3)20-15(19)18-10-14(17)13-8-7-11-5-4-6-12(11)9-13/h7-9,14H,4-6,10,17H2,1-3H3,(H,18,19). The van der Waals surface area contributed by atoms with Gasteiger partial charge in [0.05, 0.1) is 0 Å². The van der Waals surface area contributed by atoms with Crippen molar-refractivity contribution in [2.75, 3.05) is 6.54 Å². The smallest absolute Gasteiger partial charge is 0.407 e. The molecule has 4 heteroatoms. The van der Waals surface area contributed by atoms with Crippen LogP contribution in [0.1, 0.15) is 49.9 Å². The van der Waals surface area contributed by atoms with Gasteiger partial charge in [0.1, 0.15) is 5.60 Å². The fourth-order valence-electron chi connectivity index (χ4n) is 2.45. The number of alkyl carbamates (subject to hydrolysis) is 1. The van der Waals surface area contributed by atoms with Gasteiger partial charge in [-0.3, -0.25) is 0 Å². The van der Waals surface area contributed by atoms with Crippen LogP contribution in [0.2, 0.25) is 0 Å². The molecule has 1 aliphatic rings. The van der Waals surface area contributed by atoms with Gasteiger partial charge in [0, 0.05) is 12.6 Å². The van der Waals surface area contributed by atoms with Gasteiger partial charge < -0.3 is 15.8 Å². The molecule has 0 fully saturated rings. The third kappa shape index (κ3) is 3.97. The lowest BCUT2D eigenvalue weighted by Gasteiger charge is -2.21. The van der Waals surface area contributed by atoms with Crippen LogP contribution in [0.4, 0.5) is 4.79 Å². The lowest BCUT2D eigenvalue weighted by atomic mass is 10.0. The van der Waals surface area contributed by atoms with E-state index in [1.54, 1.807) is 0 Å². The average molecular weight is 276 g/mol. The van der Waals surface area contributed by atoms with E-state index in [4.69, 9.17) is 10.5 Å². The van der Waals surface area contributed by atoms with E-state index < -0.39 is 11.7 Å². The number of nitrogens with one attached hydrogen (secondary N) is 1. The quantitative estimate of drug-likeness (QED) is 0.892. The molecule has 4 nitrogen and oxygen atoms in total. The molecule has 0 bridgehead atoms. The first-order valence-corrected chi connectivity index (χ1v) is 7.19. The minimum Gasteiger partial charge on any atom is -0.444 e. The average Bonchev–Trinajstić information content (AvgIpc) is 2.80. The van der Waals surface area contributed by atoms with Crippen LogP contribution in [0.25, 0.3) is 0 Å². The van der Waals surface area contributed by atoms with Gasteiger partial charge in [-0.15, -0.1) is 0 Å². The highest BCUT2D eigenvalue weighted by molar-refractivity contribution is 5.67. The van der Waals surface area contributed by atoms with Gasteiger partial charge in [0.2, 0.25) is 0 Å². The Bertz CT molecular complexity index is 492. The number of ether oxygens (including phenoxy) is 1. The number of amides is 1. The molecule has 1 aromatic carbocycles. The van der Waals surface area contributed by atoms with E-state index in [0.717, 1.165) is 12.0 Å². The number of carbonyl (C=O) groups excluding carboxylic acids is 1. The van der Waals surface area contributed by atoms with Gasteiger partial charge >= 0.3 is 6.09 Å². The summed E-state index contributed by atoms with van der Waals surface area (Å²) in [5.74, 6) is 0. The monoisotopic (exact) mass is 276 g/mol. The third-order valence-corrected chi connectivity index (χ3v) is 3.42. The fourth-order valence-corrected chi connectivity index (χ4v) is 2.45. The summed E-state index contributed by atoms with van der Waals surface area (Å²) in [7, 11) is 0. The van der Waals surface area contributed by atoms with E-state index >= 15 is 0 Å². The molecular weight excluding hydrogens is 252 g/mol. The Morgan fingerprint density at radius 2 is 2.05 bits per heavy atom. The molecule has 0 aliphatic heterocycles. The summed E-state index contributed by atoms with van der Waals surface area (Å²) < 4.78 is 5.19. The first kappa shape index (κ1) is 14.9. The largest absolute Gasteiger partial charge is 0.444 e. The number of hydrogen-bond donors (Lipinski definition) is 2. The zero-order valence-corrected chi connectivity index (χ0v) is 12.5. The van der Waals surface area contributed by atoms with Gasteiger partial charge in [-0.05, 0) is 56.7 Å². The normalized spacial score (nSPS) is 15.6. The number of fused-ring (bicyclic) bond motifs is 1. The highest BCUT2D eigenvalue weighted by atomic mass is 16.6. The van der Waals surface area contributed by atoms with Crippen molar-refractivity contribution in [2.45, 2.75) is 51.7 Å². The molecule has 0 heterocycles. The van der Waals surface area contributed by atoms with Crippen LogP contribution in [0.5, 0.6) is 0 Å². The number of benzene rings is 1. The molecule has 0 aromatic heterocycles. The summed E-state index contributed by atoms with van der Waals surface area (Å²) in [6, 6.07) is 6.19. The van der Waals surface area contributed by atoms with Gasteiger partial charge in [-0.1, -0.05) is 18.2 Å². The lowest BCUT2D eigenvalue weighted by Crippen LogP contribution is -2.36. The van der Waals surface area contributed by atoms with Gasteiger partial charge in [-0.25, -0.2) is 4.79 Å². The van der Waals surface area contributed by atoms with Crippen molar-refractivity contribution in [3.63, 3.8) is 0 Å². The first-order valence-electron chi connectivity index (χ1n) is 7.19. The molecule has 0 radical (unpaired) electrons. The van der Waals surface area contributed by atoms with E-state index in [1.807, 2.05) is 20.8 Å². The predicted octanol–water partition coefficient (Wildman–Crippen LogP) is 2.70. The number of nitrogens with two attached hydrogens (primary N) is 1.